The maximum absolute atomic E-state index is 13.1. The molecule has 10 heteroatoms. The van der Waals surface area contributed by atoms with Crippen LogP contribution in [0, 0.1) is 5.41 Å². The van der Waals surface area contributed by atoms with Gasteiger partial charge in [0.05, 0.1) is 13.0 Å². The first-order chi connectivity index (χ1) is 15.8. The van der Waals surface area contributed by atoms with Crippen molar-refractivity contribution in [3.8, 4) is 0 Å². The number of benzene rings is 2. The third-order valence-electron chi connectivity index (χ3n) is 5.40. The molecule has 0 fully saturated rings. The van der Waals surface area contributed by atoms with Crippen LogP contribution in [0.4, 0.5) is 0 Å². The van der Waals surface area contributed by atoms with Crippen molar-refractivity contribution in [2.75, 3.05) is 6.54 Å². The highest BCUT2D eigenvalue weighted by Crippen LogP contribution is 2.24. The normalized spacial score (nSPS) is 15.0. The molecule has 33 heavy (non-hydrogen) atoms. The summed E-state index contributed by atoms with van der Waals surface area (Å²) in [7, 11) is 0. The molecule has 1 aliphatic heterocycles. The Balaban J connectivity index is 1.65. The Morgan fingerprint density at radius 2 is 1.85 bits per heavy atom. The van der Waals surface area contributed by atoms with Crippen molar-refractivity contribution in [1.82, 2.24) is 14.7 Å². The number of hydrazine groups is 1. The van der Waals surface area contributed by atoms with Crippen LogP contribution < -0.4 is 11.1 Å². The summed E-state index contributed by atoms with van der Waals surface area (Å²) in [5.41, 5.74) is 8.68. The highest BCUT2D eigenvalue weighted by molar-refractivity contribution is 7.76. The monoisotopic (exact) mass is 468 g/mol. The molecule has 0 aromatic heterocycles. The van der Waals surface area contributed by atoms with Crippen molar-refractivity contribution in [2.24, 2.45) is 5.73 Å². The molecule has 0 saturated heterocycles. The standard InChI is InChI=1S/C23H27N5O4S/c1-16-11-12-27(28(33(31)32)15-18-5-3-2-4-6-18)23(30)20(16)13-21(29)26-14-17-7-9-19(10-8-17)22(24)25/h2-10H,11-15H2,1H3,(H3,24,25)(H,26,29)(H,31,32)/p-1. The Labute approximate surface area is 195 Å². The number of amidine groups is 1. The summed E-state index contributed by atoms with van der Waals surface area (Å²) in [5, 5.41) is 11.4. The summed E-state index contributed by atoms with van der Waals surface area (Å²) >= 11 is -2.65. The van der Waals surface area contributed by atoms with Gasteiger partial charge in [-0.2, -0.15) is 0 Å². The molecule has 0 spiro atoms. The Hall–Kier alpha value is -3.34. The highest BCUT2D eigenvalue weighted by atomic mass is 32.2. The van der Waals surface area contributed by atoms with Gasteiger partial charge in [-0.15, -0.1) is 4.41 Å². The van der Waals surface area contributed by atoms with Gasteiger partial charge in [0, 0.05) is 35.5 Å². The minimum absolute atomic E-state index is 0.0253. The molecule has 2 amide bonds. The first-order valence-corrected chi connectivity index (χ1v) is 11.4. The van der Waals surface area contributed by atoms with Gasteiger partial charge >= 0.3 is 0 Å². The van der Waals surface area contributed by atoms with Gasteiger partial charge in [0.1, 0.15) is 5.84 Å². The van der Waals surface area contributed by atoms with Gasteiger partial charge in [-0.25, -0.2) is 0 Å². The number of carbonyl (C=O) groups excluding carboxylic acids is 2. The molecule has 4 N–H and O–H groups in total. The summed E-state index contributed by atoms with van der Waals surface area (Å²) < 4.78 is 24.8. The minimum Gasteiger partial charge on any atom is -0.758 e. The molecule has 1 atom stereocenters. The number of hydrogen-bond donors (Lipinski definition) is 3. The maximum atomic E-state index is 13.1. The Morgan fingerprint density at radius 1 is 1.18 bits per heavy atom. The molecule has 0 radical (unpaired) electrons. The Bertz CT molecular complexity index is 1090. The second-order valence-corrected chi connectivity index (χ2v) is 8.57. The topological polar surface area (TPSA) is 143 Å². The largest absolute Gasteiger partial charge is 0.758 e. The fourth-order valence-corrected chi connectivity index (χ4v) is 4.06. The number of carbonyl (C=O) groups is 2. The van der Waals surface area contributed by atoms with Crippen LogP contribution in [0.3, 0.4) is 0 Å². The van der Waals surface area contributed by atoms with Gasteiger partial charge < -0.3 is 15.6 Å². The van der Waals surface area contributed by atoms with E-state index in [2.05, 4.69) is 5.32 Å². The van der Waals surface area contributed by atoms with Crippen LogP contribution in [0.15, 0.2) is 65.7 Å². The van der Waals surface area contributed by atoms with Crippen molar-refractivity contribution >= 4 is 28.9 Å². The van der Waals surface area contributed by atoms with E-state index in [1.807, 2.05) is 6.07 Å². The van der Waals surface area contributed by atoms with E-state index in [1.54, 1.807) is 55.5 Å². The van der Waals surface area contributed by atoms with Gasteiger partial charge in [-0.3, -0.25) is 24.2 Å². The molecule has 2 aromatic rings. The van der Waals surface area contributed by atoms with Crippen molar-refractivity contribution in [1.29, 1.82) is 5.41 Å². The fraction of sp³-hybridized carbons (Fsp3) is 0.261. The molecule has 1 unspecified atom stereocenters. The molecule has 174 valence electrons. The van der Waals surface area contributed by atoms with Crippen LogP contribution in [0.5, 0.6) is 0 Å². The Kier molecular flexibility index (Phi) is 8.10. The lowest BCUT2D eigenvalue weighted by molar-refractivity contribution is -0.139. The molecule has 1 heterocycles. The second kappa shape index (κ2) is 11.0. The Morgan fingerprint density at radius 3 is 2.45 bits per heavy atom. The molecule has 2 aromatic carbocycles. The lowest BCUT2D eigenvalue weighted by Crippen LogP contribution is -2.50. The summed E-state index contributed by atoms with van der Waals surface area (Å²) in [6.45, 7) is 2.29. The van der Waals surface area contributed by atoms with Crippen molar-refractivity contribution in [2.45, 2.75) is 32.9 Å². The highest BCUT2D eigenvalue weighted by Gasteiger charge is 2.31. The molecule has 0 bridgehead atoms. The number of amides is 2. The van der Waals surface area contributed by atoms with E-state index in [4.69, 9.17) is 11.1 Å². The first kappa shape index (κ1) is 24.3. The maximum Gasteiger partial charge on any atom is 0.265 e. The fourth-order valence-electron chi connectivity index (χ4n) is 3.49. The van der Waals surface area contributed by atoms with Crippen LogP contribution in [0.25, 0.3) is 0 Å². The smallest absolute Gasteiger partial charge is 0.265 e. The lowest BCUT2D eigenvalue weighted by Gasteiger charge is -2.38. The third kappa shape index (κ3) is 6.35. The number of nitrogens with two attached hydrogens (primary N) is 1. The zero-order valence-corrected chi connectivity index (χ0v) is 19.1. The summed E-state index contributed by atoms with van der Waals surface area (Å²) in [5.74, 6) is -0.860. The predicted molar refractivity (Wildman–Crippen MR) is 124 cm³/mol. The van der Waals surface area contributed by atoms with E-state index >= 15 is 0 Å². The zero-order valence-electron chi connectivity index (χ0n) is 18.2. The van der Waals surface area contributed by atoms with Gasteiger partial charge in [0.25, 0.3) is 5.91 Å². The van der Waals surface area contributed by atoms with E-state index < -0.39 is 17.2 Å². The summed E-state index contributed by atoms with van der Waals surface area (Å²) in [6, 6.07) is 15.9. The van der Waals surface area contributed by atoms with Crippen molar-refractivity contribution < 1.29 is 18.4 Å². The third-order valence-corrected chi connectivity index (χ3v) is 6.07. The molecule has 1 aliphatic rings. The average molecular weight is 469 g/mol. The molecule has 3 rings (SSSR count). The molecule has 0 aliphatic carbocycles. The van der Waals surface area contributed by atoms with Gasteiger partial charge in [-0.05, 0) is 24.5 Å². The van der Waals surface area contributed by atoms with E-state index in [-0.39, 0.29) is 37.8 Å². The lowest BCUT2D eigenvalue weighted by atomic mass is 9.98. The van der Waals surface area contributed by atoms with E-state index in [0.717, 1.165) is 21.1 Å². The predicted octanol–water partition coefficient (Wildman–Crippen LogP) is 1.74. The van der Waals surface area contributed by atoms with E-state index in [1.165, 1.54) is 5.01 Å². The molecule has 9 nitrogen and oxygen atoms in total. The van der Waals surface area contributed by atoms with Gasteiger partial charge in [-0.1, -0.05) is 60.2 Å². The number of hydrogen-bond acceptors (Lipinski definition) is 5. The van der Waals surface area contributed by atoms with Crippen molar-refractivity contribution in [3.63, 3.8) is 0 Å². The SMILES string of the molecule is CC1=C(CC(=O)NCc2ccc(C(=N)N)cc2)C(=O)N(N(Cc2ccccc2)S(=O)[O-])CC1. The number of nitrogens with zero attached hydrogens (tertiary/aromatic N) is 2. The molecular formula is C23H26N5O4S-. The quantitative estimate of drug-likeness (QED) is 0.292. The molecule has 0 saturated carbocycles. The van der Waals surface area contributed by atoms with E-state index in [0.29, 0.717) is 17.6 Å². The average Bonchev–Trinajstić information content (AvgIpc) is 2.80. The van der Waals surface area contributed by atoms with Crippen LogP contribution >= 0.6 is 0 Å². The van der Waals surface area contributed by atoms with E-state index in [9.17, 15) is 18.4 Å². The summed E-state index contributed by atoms with van der Waals surface area (Å²) in [4.78, 5) is 25.7. The number of rotatable bonds is 9. The van der Waals surface area contributed by atoms with Gasteiger partial charge in [0.2, 0.25) is 5.91 Å². The van der Waals surface area contributed by atoms with Crippen LogP contribution in [-0.4, -0.2) is 42.4 Å². The van der Waals surface area contributed by atoms with Crippen LogP contribution in [0.2, 0.25) is 0 Å². The molecular weight excluding hydrogens is 442 g/mol. The second-order valence-electron chi connectivity index (χ2n) is 7.71. The van der Waals surface area contributed by atoms with Gasteiger partial charge in [0.15, 0.2) is 0 Å². The number of nitrogen functional groups attached to an aromatic ring is 1. The van der Waals surface area contributed by atoms with Crippen LogP contribution in [-0.2, 0) is 33.9 Å². The minimum atomic E-state index is -2.65. The number of nitrogens with one attached hydrogen (secondary N) is 2. The first-order valence-electron chi connectivity index (χ1n) is 10.4. The van der Waals surface area contributed by atoms with Crippen molar-refractivity contribution in [3.05, 3.63) is 82.4 Å². The summed E-state index contributed by atoms with van der Waals surface area (Å²) in [6.07, 6.45) is 0.334. The van der Waals surface area contributed by atoms with Crippen LogP contribution in [0.1, 0.15) is 36.5 Å². The zero-order chi connectivity index (χ0) is 24.0.